The highest BCUT2D eigenvalue weighted by Gasteiger charge is 2.43. The van der Waals surface area contributed by atoms with Crippen LogP contribution in [0.1, 0.15) is 13.3 Å². The summed E-state index contributed by atoms with van der Waals surface area (Å²) < 4.78 is 13.6. The fourth-order valence-electron chi connectivity index (χ4n) is 2.03. The average molecular weight is 254 g/mol. The minimum atomic E-state index is -0.827. The predicted octanol–water partition coefficient (Wildman–Crippen LogP) is 1.99. The highest BCUT2D eigenvalue weighted by Crippen LogP contribution is 2.37. The number of hydrogen-bond acceptors (Lipinski definition) is 3. The molecule has 92 valence electrons. The normalized spacial score (nSPS) is 28.0. The Kier molecular flexibility index (Phi) is 3.28. The molecule has 0 aliphatic carbocycles. The van der Waals surface area contributed by atoms with Gasteiger partial charge in [-0.1, -0.05) is 19.1 Å². The quantitative estimate of drug-likeness (QED) is 0.867. The lowest BCUT2D eigenvalue weighted by molar-refractivity contribution is -0.121. The van der Waals surface area contributed by atoms with Crippen molar-refractivity contribution in [2.24, 2.45) is 5.73 Å². The number of thioether (sulfide) groups is 1. The summed E-state index contributed by atoms with van der Waals surface area (Å²) in [7, 11) is 0. The van der Waals surface area contributed by atoms with Gasteiger partial charge in [0.05, 0.1) is 5.69 Å². The molecule has 1 amide bonds. The predicted molar refractivity (Wildman–Crippen MR) is 68.5 cm³/mol. The van der Waals surface area contributed by atoms with E-state index in [4.69, 9.17) is 5.73 Å². The zero-order chi connectivity index (χ0) is 12.5. The van der Waals surface area contributed by atoms with Gasteiger partial charge in [0.25, 0.3) is 0 Å². The summed E-state index contributed by atoms with van der Waals surface area (Å²) in [6, 6.07) is 6.32. The molecule has 3 nitrogen and oxygen atoms in total. The van der Waals surface area contributed by atoms with Crippen molar-refractivity contribution in [1.82, 2.24) is 0 Å². The third-order valence-electron chi connectivity index (χ3n) is 2.97. The van der Waals surface area contributed by atoms with Crippen LogP contribution >= 0.6 is 11.8 Å². The number of anilines is 1. The van der Waals surface area contributed by atoms with E-state index in [1.54, 1.807) is 30.0 Å². The monoisotopic (exact) mass is 254 g/mol. The molecule has 0 aromatic heterocycles. The first-order valence-corrected chi connectivity index (χ1v) is 6.52. The largest absolute Gasteiger partial charge is 0.368 e. The Labute approximate surface area is 104 Å². The lowest BCUT2D eigenvalue weighted by Gasteiger charge is -2.27. The number of nitrogens with two attached hydrogens (primary N) is 1. The van der Waals surface area contributed by atoms with E-state index in [1.165, 1.54) is 6.07 Å². The lowest BCUT2D eigenvalue weighted by Crippen LogP contribution is -2.51. The van der Waals surface area contributed by atoms with Gasteiger partial charge in [0.15, 0.2) is 0 Å². The van der Waals surface area contributed by atoms with Crippen molar-refractivity contribution in [2.45, 2.75) is 24.1 Å². The zero-order valence-corrected chi connectivity index (χ0v) is 10.4. The Morgan fingerprint density at radius 2 is 2.29 bits per heavy atom. The molecule has 2 atom stereocenters. The van der Waals surface area contributed by atoms with E-state index in [1.807, 2.05) is 6.92 Å². The molecule has 3 N–H and O–H groups in total. The van der Waals surface area contributed by atoms with Crippen molar-refractivity contribution in [1.29, 1.82) is 0 Å². The Morgan fingerprint density at radius 1 is 1.59 bits per heavy atom. The van der Waals surface area contributed by atoms with Crippen LogP contribution in [-0.4, -0.2) is 22.4 Å². The summed E-state index contributed by atoms with van der Waals surface area (Å²) in [6.07, 6.45) is 0.626. The van der Waals surface area contributed by atoms with E-state index in [0.717, 1.165) is 0 Å². The summed E-state index contributed by atoms with van der Waals surface area (Å²) >= 11 is 1.67. The fraction of sp³-hybridized carbons (Fsp3) is 0.417. The van der Waals surface area contributed by atoms with Crippen LogP contribution in [0.25, 0.3) is 0 Å². The van der Waals surface area contributed by atoms with E-state index in [9.17, 15) is 9.18 Å². The molecule has 1 saturated heterocycles. The topological polar surface area (TPSA) is 55.1 Å². The Bertz CT molecular complexity index is 440. The van der Waals surface area contributed by atoms with E-state index in [2.05, 4.69) is 5.32 Å². The Balaban J connectivity index is 2.26. The van der Waals surface area contributed by atoms with Crippen LogP contribution in [0.2, 0.25) is 0 Å². The van der Waals surface area contributed by atoms with Gasteiger partial charge in [-0.25, -0.2) is 4.39 Å². The molecule has 1 aromatic carbocycles. The van der Waals surface area contributed by atoms with E-state index < -0.39 is 11.4 Å². The number of carbonyl (C=O) groups excluding carboxylic acids is 1. The number of carbonyl (C=O) groups is 1. The zero-order valence-electron chi connectivity index (χ0n) is 9.57. The van der Waals surface area contributed by atoms with Gasteiger partial charge >= 0.3 is 0 Å². The number of amides is 1. The van der Waals surface area contributed by atoms with Gasteiger partial charge in [0, 0.05) is 11.0 Å². The van der Waals surface area contributed by atoms with Crippen LogP contribution in [-0.2, 0) is 4.79 Å². The minimum Gasteiger partial charge on any atom is -0.368 e. The van der Waals surface area contributed by atoms with E-state index in [0.29, 0.717) is 23.1 Å². The van der Waals surface area contributed by atoms with Crippen LogP contribution in [0.5, 0.6) is 0 Å². The van der Waals surface area contributed by atoms with Crippen molar-refractivity contribution >= 4 is 23.4 Å². The van der Waals surface area contributed by atoms with Gasteiger partial charge in [-0.05, 0) is 18.6 Å². The molecule has 0 spiro atoms. The molecule has 1 aliphatic rings. The van der Waals surface area contributed by atoms with Gasteiger partial charge in [0.2, 0.25) is 5.91 Å². The number of primary amides is 1. The number of rotatable bonds is 3. The van der Waals surface area contributed by atoms with Gasteiger partial charge in [-0.15, -0.1) is 0 Å². The highest BCUT2D eigenvalue weighted by molar-refractivity contribution is 8.00. The first kappa shape index (κ1) is 12.2. The molecule has 0 bridgehead atoms. The second-order valence-electron chi connectivity index (χ2n) is 4.38. The van der Waals surface area contributed by atoms with Crippen LogP contribution < -0.4 is 11.1 Å². The first-order chi connectivity index (χ1) is 8.03. The molecule has 1 fully saturated rings. The number of halogens is 1. The summed E-state index contributed by atoms with van der Waals surface area (Å²) in [4.78, 5) is 11.6. The maximum absolute atomic E-state index is 13.6. The number of hydrogen-bond donors (Lipinski definition) is 2. The van der Waals surface area contributed by atoms with E-state index >= 15 is 0 Å². The van der Waals surface area contributed by atoms with E-state index in [-0.39, 0.29) is 5.82 Å². The second-order valence-corrected chi connectivity index (χ2v) is 5.80. The smallest absolute Gasteiger partial charge is 0.244 e. The van der Waals surface area contributed by atoms with Crippen LogP contribution in [0.15, 0.2) is 24.3 Å². The average Bonchev–Trinajstić information content (AvgIpc) is 2.65. The lowest BCUT2D eigenvalue weighted by atomic mass is 9.95. The highest BCUT2D eigenvalue weighted by atomic mass is 32.2. The van der Waals surface area contributed by atoms with Crippen LogP contribution in [0.3, 0.4) is 0 Å². The molecule has 1 aliphatic heterocycles. The summed E-state index contributed by atoms with van der Waals surface area (Å²) in [5.74, 6) is -0.201. The van der Waals surface area contributed by atoms with Crippen LogP contribution in [0.4, 0.5) is 10.1 Å². The van der Waals surface area contributed by atoms with Gasteiger partial charge < -0.3 is 11.1 Å². The minimum absolute atomic E-state index is 0.334. The molecule has 17 heavy (non-hydrogen) atoms. The van der Waals surface area contributed by atoms with Crippen molar-refractivity contribution in [3.8, 4) is 0 Å². The standard InChI is InChI=1S/C12H15FN2OS/c1-8-6-12(7-17-8,11(14)16)15-10-5-3-2-4-9(10)13/h2-5,8,15H,6-7H2,1H3,(H2,14,16). The molecular weight excluding hydrogens is 239 g/mol. The maximum Gasteiger partial charge on any atom is 0.244 e. The van der Waals surface area contributed by atoms with Gasteiger partial charge in [0.1, 0.15) is 11.4 Å². The number of benzene rings is 1. The maximum atomic E-state index is 13.6. The molecule has 1 heterocycles. The van der Waals surface area contributed by atoms with Crippen molar-refractivity contribution in [3.63, 3.8) is 0 Å². The molecular formula is C12H15FN2OS. The van der Waals surface area contributed by atoms with Crippen molar-refractivity contribution < 1.29 is 9.18 Å². The SMILES string of the molecule is CC1CC(Nc2ccccc2F)(C(N)=O)CS1. The first-order valence-electron chi connectivity index (χ1n) is 5.48. The van der Waals surface area contributed by atoms with Crippen molar-refractivity contribution in [3.05, 3.63) is 30.1 Å². The molecule has 2 unspecified atom stereocenters. The van der Waals surface area contributed by atoms with Crippen LogP contribution in [0, 0.1) is 5.82 Å². The molecule has 5 heteroatoms. The summed E-state index contributed by atoms with van der Waals surface area (Å²) in [5, 5.41) is 3.33. The summed E-state index contributed by atoms with van der Waals surface area (Å²) in [5.41, 5.74) is 4.96. The molecule has 0 radical (unpaired) electrons. The number of nitrogens with one attached hydrogen (secondary N) is 1. The second kappa shape index (κ2) is 4.56. The Morgan fingerprint density at radius 3 is 2.82 bits per heavy atom. The number of para-hydroxylation sites is 1. The third-order valence-corrected chi connectivity index (χ3v) is 4.36. The van der Waals surface area contributed by atoms with Gasteiger partial charge in [-0.3, -0.25) is 4.79 Å². The fourth-order valence-corrected chi connectivity index (χ4v) is 3.34. The third kappa shape index (κ3) is 2.39. The molecule has 0 saturated carbocycles. The van der Waals surface area contributed by atoms with Crippen molar-refractivity contribution in [2.75, 3.05) is 11.1 Å². The molecule has 1 aromatic rings. The molecule has 2 rings (SSSR count). The van der Waals surface area contributed by atoms with Gasteiger partial charge in [-0.2, -0.15) is 11.8 Å². The Hall–Kier alpha value is -1.23. The summed E-state index contributed by atoms with van der Waals surface area (Å²) in [6.45, 7) is 2.04.